The Kier molecular flexibility index (Phi) is 3.56. The van der Waals surface area contributed by atoms with Crippen molar-refractivity contribution in [2.75, 3.05) is 12.3 Å². The van der Waals surface area contributed by atoms with Crippen molar-refractivity contribution in [1.29, 1.82) is 0 Å². The maximum atomic E-state index is 10.5. The fourth-order valence-corrected chi connectivity index (χ4v) is 3.45. The molecule has 0 aliphatic carbocycles. The van der Waals surface area contributed by atoms with Gasteiger partial charge in [-0.05, 0) is 29.5 Å². The second kappa shape index (κ2) is 5.02. The number of fused-ring (bicyclic) bond motifs is 1. The Hall–Kier alpha value is -1.01. The molecule has 5 N–H and O–H groups in total. The lowest BCUT2D eigenvalue weighted by Gasteiger charge is -2.27. The van der Waals surface area contributed by atoms with E-state index in [2.05, 4.69) is 32.6 Å². The highest BCUT2D eigenvalue weighted by molar-refractivity contribution is 14.1. The molecule has 0 radical (unpaired) electrons. The molecule has 1 aliphatic rings. The molecule has 4 atom stereocenters. The minimum absolute atomic E-state index is 0.333. The van der Waals surface area contributed by atoms with Crippen LogP contribution in [0.25, 0.3) is 11.0 Å². The monoisotopic (exact) mass is 406 g/mol. The predicted molar refractivity (Wildman–Crippen MR) is 82.3 cm³/mol. The molecule has 8 nitrogen and oxygen atoms in total. The molecule has 1 aliphatic heterocycles. The number of nitrogens with two attached hydrogens (primary N) is 1. The summed E-state index contributed by atoms with van der Waals surface area (Å²) in [5.74, 6) is 0.333. The van der Waals surface area contributed by atoms with Crippen molar-refractivity contribution >= 4 is 39.4 Å². The summed E-state index contributed by atoms with van der Waals surface area (Å²) >= 11 is 2.09. The zero-order valence-corrected chi connectivity index (χ0v) is 13.3. The number of hydrogen-bond donors (Lipinski definition) is 4. The highest BCUT2D eigenvalue weighted by Gasteiger charge is 2.53. The quantitative estimate of drug-likeness (QED) is 0.501. The van der Waals surface area contributed by atoms with Crippen molar-refractivity contribution in [3.05, 3.63) is 16.1 Å². The number of nitrogens with zero attached hydrogens (tertiary/aromatic N) is 3. The minimum atomic E-state index is -1.57. The molecule has 3 rings (SSSR count). The van der Waals surface area contributed by atoms with Crippen LogP contribution in [0.15, 0.2) is 12.5 Å². The average molecular weight is 406 g/mol. The van der Waals surface area contributed by atoms with Crippen LogP contribution in [-0.4, -0.2) is 54.3 Å². The van der Waals surface area contributed by atoms with Crippen LogP contribution in [0.5, 0.6) is 0 Å². The predicted octanol–water partition coefficient (Wildman–Crippen LogP) is -0.380. The Morgan fingerprint density at radius 2 is 2.24 bits per heavy atom. The number of hydrogen-bond acceptors (Lipinski definition) is 7. The van der Waals surface area contributed by atoms with Gasteiger partial charge in [0.25, 0.3) is 0 Å². The van der Waals surface area contributed by atoms with E-state index >= 15 is 0 Å². The lowest BCUT2D eigenvalue weighted by molar-refractivity contribution is -0.0948. The smallest absolute Gasteiger partial charge is 0.167 e. The van der Waals surface area contributed by atoms with Crippen molar-refractivity contribution in [3.8, 4) is 0 Å². The van der Waals surface area contributed by atoms with Gasteiger partial charge in [0.05, 0.1) is 12.0 Å². The minimum Gasteiger partial charge on any atom is -0.394 e. The topological polar surface area (TPSA) is 127 Å². The number of ether oxygens (including phenoxy) is 1. The van der Waals surface area contributed by atoms with Gasteiger partial charge in [0.1, 0.15) is 35.6 Å². The zero-order chi connectivity index (χ0) is 15.4. The van der Waals surface area contributed by atoms with E-state index in [4.69, 9.17) is 10.5 Å². The van der Waals surface area contributed by atoms with Gasteiger partial charge in [0.2, 0.25) is 0 Å². The Morgan fingerprint density at radius 3 is 2.86 bits per heavy atom. The number of halogens is 1. The van der Waals surface area contributed by atoms with E-state index in [0.717, 1.165) is 3.57 Å². The van der Waals surface area contributed by atoms with Crippen LogP contribution in [0.3, 0.4) is 0 Å². The van der Waals surface area contributed by atoms with Crippen LogP contribution in [-0.2, 0) is 4.74 Å². The number of aliphatic hydroxyl groups is 3. The van der Waals surface area contributed by atoms with Crippen LogP contribution in [0.1, 0.15) is 13.2 Å². The maximum absolute atomic E-state index is 10.5. The van der Waals surface area contributed by atoms with Gasteiger partial charge in [-0.2, -0.15) is 0 Å². The van der Waals surface area contributed by atoms with Gasteiger partial charge >= 0.3 is 0 Å². The molecule has 2 unspecified atom stereocenters. The van der Waals surface area contributed by atoms with Crippen molar-refractivity contribution < 1.29 is 20.1 Å². The van der Waals surface area contributed by atoms with Crippen LogP contribution >= 0.6 is 22.6 Å². The number of nitrogen functional groups attached to an aromatic ring is 1. The molecule has 0 spiro atoms. The molecule has 0 aromatic carbocycles. The van der Waals surface area contributed by atoms with E-state index in [-0.39, 0.29) is 6.61 Å². The molecule has 2 aromatic rings. The van der Waals surface area contributed by atoms with Crippen LogP contribution in [0.4, 0.5) is 5.82 Å². The number of aromatic nitrogens is 3. The van der Waals surface area contributed by atoms with Gasteiger partial charge in [-0.3, -0.25) is 0 Å². The van der Waals surface area contributed by atoms with E-state index in [9.17, 15) is 15.3 Å². The Labute approximate surface area is 133 Å². The maximum Gasteiger partial charge on any atom is 0.167 e. The van der Waals surface area contributed by atoms with E-state index < -0.39 is 24.0 Å². The summed E-state index contributed by atoms with van der Waals surface area (Å²) < 4.78 is 8.01. The van der Waals surface area contributed by atoms with Gasteiger partial charge in [0.15, 0.2) is 6.23 Å². The van der Waals surface area contributed by atoms with Crippen LogP contribution < -0.4 is 5.73 Å². The molecular formula is C12H15IN4O4. The largest absolute Gasteiger partial charge is 0.394 e. The fraction of sp³-hybridized carbons (Fsp3) is 0.500. The summed E-state index contributed by atoms with van der Waals surface area (Å²) in [7, 11) is 0. The molecule has 9 heteroatoms. The fourth-order valence-electron chi connectivity index (χ4n) is 2.63. The van der Waals surface area contributed by atoms with E-state index in [1.54, 1.807) is 10.8 Å². The summed E-state index contributed by atoms with van der Waals surface area (Å²) in [6.45, 7) is 1.07. The number of rotatable bonds is 2. The van der Waals surface area contributed by atoms with E-state index in [1.807, 2.05) is 0 Å². The number of aliphatic hydroxyl groups excluding tert-OH is 2. The summed E-state index contributed by atoms with van der Waals surface area (Å²) in [6.07, 6.45) is 0.0986. The Morgan fingerprint density at radius 1 is 1.52 bits per heavy atom. The molecule has 1 fully saturated rings. The highest BCUT2D eigenvalue weighted by atomic mass is 127. The molecule has 1 saturated heterocycles. The first kappa shape index (κ1) is 14.9. The molecule has 3 heterocycles. The summed E-state index contributed by atoms with van der Waals surface area (Å²) in [5, 5.41) is 30.5. The van der Waals surface area contributed by atoms with Crippen LogP contribution in [0, 0.1) is 3.57 Å². The van der Waals surface area contributed by atoms with Gasteiger partial charge < -0.3 is 30.4 Å². The number of anilines is 1. The van der Waals surface area contributed by atoms with Crippen LogP contribution in [0.2, 0.25) is 0 Å². The first-order valence-corrected chi connectivity index (χ1v) is 7.39. The van der Waals surface area contributed by atoms with Crippen molar-refractivity contribution in [3.63, 3.8) is 0 Å². The molecule has 0 amide bonds. The SMILES string of the molecule is CC1(O)C(O)[C@@H](CO)O[C@H]1n1cc(I)c2c(N)ncnc21. The highest BCUT2D eigenvalue weighted by Crippen LogP contribution is 2.40. The van der Waals surface area contributed by atoms with E-state index in [1.165, 1.54) is 13.3 Å². The van der Waals surface area contributed by atoms with Gasteiger partial charge in [-0.15, -0.1) is 0 Å². The second-order valence-electron chi connectivity index (χ2n) is 5.22. The standard InChI is InChI=1S/C12H15IN4O4/c1-12(20)8(19)6(3-18)21-11(12)17-2-5(13)7-9(14)15-4-16-10(7)17/h2,4,6,8,11,18-20H,3H2,1H3,(H2,14,15,16)/t6-,8?,11-,12?/m1/s1. The molecule has 0 saturated carbocycles. The summed E-state index contributed by atoms with van der Waals surface area (Å²) in [6, 6.07) is 0. The normalized spacial score (nSPS) is 32.9. The molecule has 21 heavy (non-hydrogen) atoms. The molecule has 114 valence electrons. The average Bonchev–Trinajstić information content (AvgIpc) is 2.87. The first-order chi connectivity index (χ1) is 9.87. The zero-order valence-electron chi connectivity index (χ0n) is 11.1. The van der Waals surface area contributed by atoms with Crippen molar-refractivity contribution in [2.45, 2.75) is 31.0 Å². The first-order valence-electron chi connectivity index (χ1n) is 6.31. The Balaban J connectivity index is 2.15. The molecule has 2 aromatic heterocycles. The lowest BCUT2D eigenvalue weighted by Crippen LogP contribution is -2.44. The van der Waals surface area contributed by atoms with Crippen molar-refractivity contribution in [1.82, 2.24) is 14.5 Å². The second-order valence-corrected chi connectivity index (χ2v) is 6.38. The summed E-state index contributed by atoms with van der Waals surface area (Å²) in [4.78, 5) is 8.13. The van der Waals surface area contributed by atoms with E-state index in [0.29, 0.717) is 16.9 Å². The van der Waals surface area contributed by atoms with Crippen molar-refractivity contribution in [2.24, 2.45) is 0 Å². The third-order valence-corrected chi connectivity index (χ3v) is 4.60. The molecular weight excluding hydrogens is 391 g/mol. The third-order valence-electron chi connectivity index (χ3n) is 3.78. The molecule has 0 bridgehead atoms. The summed E-state index contributed by atoms with van der Waals surface area (Å²) in [5.41, 5.74) is 4.79. The van der Waals surface area contributed by atoms with Gasteiger partial charge in [-0.25, -0.2) is 9.97 Å². The van der Waals surface area contributed by atoms with Gasteiger partial charge in [-0.1, -0.05) is 0 Å². The Bertz CT molecular complexity index is 689. The van der Waals surface area contributed by atoms with Gasteiger partial charge in [0, 0.05) is 9.77 Å². The third kappa shape index (κ3) is 2.11. The lowest BCUT2D eigenvalue weighted by atomic mass is 9.96.